The first kappa shape index (κ1) is 15.2. The van der Waals surface area contributed by atoms with Crippen molar-refractivity contribution >= 4 is 39.2 Å². The maximum Gasteiger partial charge on any atom is 0.259 e. The number of carbonyl (C=O) groups is 1. The number of thioether (sulfide) groups is 1. The Morgan fingerprint density at radius 2 is 2.17 bits per heavy atom. The summed E-state index contributed by atoms with van der Waals surface area (Å²) in [7, 11) is 0. The highest BCUT2D eigenvalue weighted by molar-refractivity contribution is 7.98. The third-order valence-electron chi connectivity index (χ3n) is 4.53. The van der Waals surface area contributed by atoms with Crippen LogP contribution in [0.5, 0.6) is 0 Å². The number of hydrogen-bond donors (Lipinski definition) is 1. The first-order valence-corrected chi connectivity index (χ1v) is 10.1. The lowest BCUT2D eigenvalue weighted by Crippen LogP contribution is -2.42. The molecule has 122 valence electrons. The Labute approximate surface area is 142 Å². The van der Waals surface area contributed by atoms with E-state index in [4.69, 9.17) is 0 Å². The molecule has 3 heterocycles. The molecule has 7 heteroatoms. The minimum Gasteiger partial charge on any atom is -0.343 e. The second-order valence-corrected chi connectivity index (χ2v) is 8.28. The van der Waals surface area contributed by atoms with Crippen LogP contribution in [0.1, 0.15) is 35.5 Å². The Balaban J connectivity index is 1.39. The Hall–Kier alpha value is -1.34. The van der Waals surface area contributed by atoms with Crippen molar-refractivity contribution in [2.24, 2.45) is 0 Å². The topological polar surface area (TPSA) is 66.1 Å². The number of thiophene rings is 1. The van der Waals surface area contributed by atoms with Crippen LogP contribution in [0.3, 0.4) is 0 Å². The molecule has 1 fully saturated rings. The number of aromatic amines is 1. The summed E-state index contributed by atoms with van der Waals surface area (Å²) < 4.78 is 0. The molecule has 0 bridgehead atoms. The zero-order valence-corrected chi connectivity index (χ0v) is 14.5. The number of aryl methyl sites for hydroxylation is 2. The number of amides is 1. The van der Waals surface area contributed by atoms with Crippen LogP contribution in [0, 0.1) is 0 Å². The highest BCUT2D eigenvalue weighted by Crippen LogP contribution is 2.34. The van der Waals surface area contributed by atoms with Crippen LogP contribution >= 0.6 is 23.1 Å². The molecule has 0 saturated carbocycles. The zero-order chi connectivity index (χ0) is 15.8. The molecule has 1 aliphatic carbocycles. The number of rotatable bonds is 5. The highest BCUT2D eigenvalue weighted by atomic mass is 32.2. The van der Waals surface area contributed by atoms with E-state index < -0.39 is 0 Å². The fourth-order valence-corrected chi connectivity index (χ4v) is 5.24. The maximum atomic E-state index is 12.3. The van der Waals surface area contributed by atoms with Gasteiger partial charge in [0.15, 0.2) is 0 Å². The van der Waals surface area contributed by atoms with E-state index in [2.05, 4.69) is 9.97 Å². The first-order chi connectivity index (χ1) is 11.2. The highest BCUT2D eigenvalue weighted by Gasteiger charge is 2.21. The van der Waals surface area contributed by atoms with Gasteiger partial charge in [-0.1, -0.05) is 0 Å². The predicted octanol–water partition coefficient (Wildman–Crippen LogP) is 2.33. The van der Waals surface area contributed by atoms with Crippen molar-refractivity contribution in [2.75, 3.05) is 18.8 Å². The van der Waals surface area contributed by atoms with Gasteiger partial charge in [-0.3, -0.25) is 9.59 Å². The van der Waals surface area contributed by atoms with Gasteiger partial charge in [-0.2, -0.15) is 11.8 Å². The number of aromatic nitrogens is 2. The second kappa shape index (κ2) is 6.28. The first-order valence-electron chi connectivity index (χ1n) is 8.11. The van der Waals surface area contributed by atoms with E-state index in [1.54, 1.807) is 23.1 Å². The van der Waals surface area contributed by atoms with E-state index >= 15 is 0 Å². The summed E-state index contributed by atoms with van der Waals surface area (Å²) in [6.45, 7) is 1.83. The monoisotopic (exact) mass is 349 g/mol. The maximum absolute atomic E-state index is 12.3. The molecule has 4 rings (SSSR count). The van der Waals surface area contributed by atoms with Gasteiger partial charge in [0.1, 0.15) is 10.7 Å². The summed E-state index contributed by atoms with van der Waals surface area (Å²) in [5.41, 5.74) is 1.22. The lowest BCUT2D eigenvalue weighted by atomic mass is 10.2. The molecule has 1 amide bonds. The summed E-state index contributed by atoms with van der Waals surface area (Å²) in [6.07, 6.45) is 4.95. The van der Waals surface area contributed by atoms with Crippen LogP contribution < -0.4 is 5.56 Å². The van der Waals surface area contributed by atoms with Gasteiger partial charge in [0.2, 0.25) is 5.91 Å². The molecule has 2 aromatic heterocycles. The minimum absolute atomic E-state index is 0.00153. The van der Waals surface area contributed by atoms with Gasteiger partial charge < -0.3 is 9.88 Å². The van der Waals surface area contributed by atoms with Gasteiger partial charge in [-0.25, -0.2) is 4.98 Å². The van der Waals surface area contributed by atoms with Crippen molar-refractivity contribution in [1.82, 2.24) is 14.9 Å². The van der Waals surface area contributed by atoms with E-state index in [1.807, 2.05) is 4.90 Å². The molecule has 1 aliphatic heterocycles. The van der Waals surface area contributed by atoms with Crippen LogP contribution in [0.4, 0.5) is 0 Å². The molecule has 2 aromatic rings. The molecular formula is C16H19N3O2S2. The largest absolute Gasteiger partial charge is 0.343 e. The third kappa shape index (κ3) is 2.92. The average molecular weight is 349 g/mol. The van der Waals surface area contributed by atoms with Crippen LogP contribution in [0.2, 0.25) is 0 Å². The van der Waals surface area contributed by atoms with Gasteiger partial charge in [0.05, 0.1) is 11.1 Å². The molecule has 1 N–H and O–H groups in total. The smallest absolute Gasteiger partial charge is 0.259 e. The molecule has 0 spiro atoms. The number of H-pyrrole nitrogens is 1. The lowest BCUT2D eigenvalue weighted by molar-refractivity contribution is -0.134. The number of carbonyl (C=O) groups excluding carboxylic acids is 1. The van der Waals surface area contributed by atoms with Gasteiger partial charge in [0.25, 0.3) is 5.56 Å². The molecule has 0 unspecified atom stereocenters. The van der Waals surface area contributed by atoms with Crippen molar-refractivity contribution < 1.29 is 4.79 Å². The lowest BCUT2D eigenvalue weighted by Gasteiger charge is -2.30. The summed E-state index contributed by atoms with van der Waals surface area (Å²) >= 11 is 3.33. The SMILES string of the molecule is O=C(CCSCc1nc2sc3c(c2c(=O)[nH]1)CCC3)N1CCC1. The number of nitrogens with zero attached hydrogens (tertiary/aromatic N) is 2. The average Bonchev–Trinajstić information content (AvgIpc) is 3.01. The normalized spacial score (nSPS) is 16.6. The molecule has 0 aromatic carbocycles. The second-order valence-electron chi connectivity index (χ2n) is 6.09. The van der Waals surface area contributed by atoms with Gasteiger partial charge in [-0.05, 0) is 31.2 Å². The molecular weight excluding hydrogens is 330 g/mol. The van der Waals surface area contributed by atoms with Crippen LogP contribution in [0.15, 0.2) is 4.79 Å². The minimum atomic E-state index is 0.00153. The summed E-state index contributed by atoms with van der Waals surface area (Å²) in [6, 6.07) is 0. The van der Waals surface area contributed by atoms with Crippen LogP contribution in [-0.4, -0.2) is 39.6 Å². The van der Waals surface area contributed by atoms with E-state index in [-0.39, 0.29) is 11.5 Å². The van der Waals surface area contributed by atoms with E-state index in [0.29, 0.717) is 12.2 Å². The van der Waals surface area contributed by atoms with Crippen molar-refractivity contribution in [2.45, 2.75) is 37.9 Å². The molecule has 5 nitrogen and oxygen atoms in total. The van der Waals surface area contributed by atoms with Crippen molar-refractivity contribution in [3.63, 3.8) is 0 Å². The Morgan fingerprint density at radius 3 is 2.96 bits per heavy atom. The number of nitrogens with one attached hydrogen (secondary N) is 1. The van der Waals surface area contributed by atoms with Crippen LogP contribution in [0.25, 0.3) is 10.2 Å². The molecule has 0 atom stereocenters. The molecule has 23 heavy (non-hydrogen) atoms. The Kier molecular flexibility index (Phi) is 4.15. The Bertz CT molecular complexity index is 807. The fourth-order valence-electron chi connectivity index (χ4n) is 3.17. The van der Waals surface area contributed by atoms with E-state index in [1.165, 1.54) is 10.4 Å². The van der Waals surface area contributed by atoms with Gasteiger partial charge in [-0.15, -0.1) is 11.3 Å². The standard InChI is InChI=1S/C16H19N3O2S2/c20-13(19-6-2-7-19)5-8-22-9-12-17-15(21)14-10-3-1-4-11(10)23-16(14)18-12/h1-9H2,(H,17,18,21). The number of hydrogen-bond acceptors (Lipinski definition) is 5. The molecule has 0 radical (unpaired) electrons. The van der Waals surface area contributed by atoms with Crippen molar-refractivity contribution in [3.05, 3.63) is 26.6 Å². The number of likely N-dealkylation sites (tertiary alicyclic amines) is 1. The molecule has 2 aliphatic rings. The predicted molar refractivity (Wildman–Crippen MR) is 94.2 cm³/mol. The zero-order valence-electron chi connectivity index (χ0n) is 12.9. The fraction of sp³-hybridized carbons (Fsp3) is 0.562. The van der Waals surface area contributed by atoms with Gasteiger partial charge in [0, 0.05) is 30.1 Å². The van der Waals surface area contributed by atoms with E-state index in [0.717, 1.165) is 60.6 Å². The van der Waals surface area contributed by atoms with Crippen LogP contribution in [-0.2, 0) is 23.4 Å². The number of fused-ring (bicyclic) bond motifs is 3. The summed E-state index contributed by atoms with van der Waals surface area (Å²) in [4.78, 5) is 35.8. The molecule has 1 saturated heterocycles. The van der Waals surface area contributed by atoms with Crippen molar-refractivity contribution in [1.29, 1.82) is 0 Å². The van der Waals surface area contributed by atoms with Gasteiger partial charge >= 0.3 is 0 Å². The van der Waals surface area contributed by atoms with Crippen molar-refractivity contribution in [3.8, 4) is 0 Å². The quantitative estimate of drug-likeness (QED) is 0.842. The third-order valence-corrected chi connectivity index (χ3v) is 6.69. The summed E-state index contributed by atoms with van der Waals surface area (Å²) in [5.74, 6) is 2.40. The Morgan fingerprint density at radius 1 is 1.30 bits per heavy atom. The summed E-state index contributed by atoms with van der Waals surface area (Å²) in [5, 5.41) is 0.809. The van der Waals surface area contributed by atoms with E-state index in [9.17, 15) is 9.59 Å².